The second-order valence-electron chi connectivity index (χ2n) is 3.95. The Morgan fingerprint density at radius 1 is 1.21 bits per heavy atom. The van der Waals surface area contributed by atoms with Crippen LogP contribution >= 0.6 is 15.9 Å². The lowest BCUT2D eigenvalue weighted by molar-refractivity contribution is 0.112. The van der Waals surface area contributed by atoms with E-state index in [4.69, 9.17) is 9.47 Å². The number of halogens is 1. The van der Waals surface area contributed by atoms with E-state index in [-0.39, 0.29) is 0 Å². The quantitative estimate of drug-likeness (QED) is 0.785. The minimum Gasteiger partial charge on any atom is -0.497 e. The topological polar surface area (TPSA) is 35.5 Å². The molecule has 0 saturated carbocycles. The molecular formula is C15H13BrO3. The first-order valence-electron chi connectivity index (χ1n) is 5.73. The smallest absolute Gasteiger partial charge is 0.150 e. The van der Waals surface area contributed by atoms with E-state index >= 15 is 0 Å². The van der Waals surface area contributed by atoms with E-state index in [0.717, 1.165) is 22.1 Å². The number of aldehydes is 1. The van der Waals surface area contributed by atoms with Crippen LogP contribution in [-0.4, -0.2) is 13.4 Å². The summed E-state index contributed by atoms with van der Waals surface area (Å²) in [5.74, 6) is 1.50. The van der Waals surface area contributed by atoms with Crippen LogP contribution in [0, 0.1) is 0 Å². The predicted octanol–water partition coefficient (Wildman–Crippen LogP) is 3.85. The molecule has 0 heterocycles. The second-order valence-corrected chi connectivity index (χ2v) is 4.80. The molecule has 0 fully saturated rings. The van der Waals surface area contributed by atoms with Crippen molar-refractivity contribution in [2.24, 2.45) is 0 Å². The number of methoxy groups -OCH3 is 1. The number of rotatable bonds is 5. The van der Waals surface area contributed by atoms with Gasteiger partial charge in [-0.1, -0.05) is 12.1 Å². The van der Waals surface area contributed by atoms with Gasteiger partial charge < -0.3 is 9.47 Å². The van der Waals surface area contributed by atoms with Crippen molar-refractivity contribution in [2.75, 3.05) is 7.11 Å². The molecule has 2 aromatic carbocycles. The fourth-order valence-electron chi connectivity index (χ4n) is 1.63. The zero-order valence-electron chi connectivity index (χ0n) is 10.4. The maximum atomic E-state index is 10.6. The van der Waals surface area contributed by atoms with E-state index in [2.05, 4.69) is 15.9 Å². The van der Waals surface area contributed by atoms with Crippen LogP contribution in [0.25, 0.3) is 0 Å². The molecule has 98 valence electrons. The van der Waals surface area contributed by atoms with Crippen molar-refractivity contribution >= 4 is 22.2 Å². The van der Waals surface area contributed by atoms with Crippen LogP contribution in [0.3, 0.4) is 0 Å². The monoisotopic (exact) mass is 320 g/mol. The molecule has 0 radical (unpaired) electrons. The highest BCUT2D eigenvalue weighted by Gasteiger charge is 2.03. The maximum absolute atomic E-state index is 10.6. The molecule has 0 atom stereocenters. The summed E-state index contributed by atoms with van der Waals surface area (Å²) >= 11 is 3.38. The van der Waals surface area contributed by atoms with Gasteiger partial charge in [-0.05, 0) is 51.8 Å². The van der Waals surface area contributed by atoms with Crippen molar-refractivity contribution in [3.05, 3.63) is 58.1 Å². The van der Waals surface area contributed by atoms with Gasteiger partial charge in [0.2, 0.25) is 0 Å². The molecule has 0 unspecified atom stereocenters. The van der Waals surface area contributed by atoms with E-state index < -0.39 is 0 Å². The fraction of sp³-hybridized carbons (Fsp3) is 0.133. The molecule has 2 aromatic rings. The molecule has 4 heteroatoms. The largest absolute Gasteiger partial charge is 0.497 e. The van der Waals surface area contributed by atoms with Crippen molar-refractivity contribution in [1.29, 1.82) is 0 Å². The molecule has 0 saturated heterocycles. The van der Waals surface area contributed by atoms with E-state index in [9.17, 15) is 4.79 Å². The third-order valence-corrected chi connectivity index (χ3v) is 3.24. The van der Waals surface area contributed by atoms with Crippen LogP contribution in [0.1, 0.15) is 15.9 Å². The SMILES string of the molecule is COc1cccc(COc2ccc(C=O)cc2Br)c1. The van der Waals surface area contributed by atoms with Gasteiger partial charge in [0.1, 0.15) is 24.4 Å². The first kappa shape index (κ1) is 13.6. The minimum absolute atomic E-state index is 0.441. The van der Waals surface area contributed by atoms with E-state index in [0.29, 0.717) is 17.9 Å². The lowest BCUT2D eigenvalue weighted by Gasteiger charge is -2.09. The summed E-state index contributed by atoms with van der Waals surface area (Å²) in [5, 5.41) is 0. The normalized spacial score (nSPS) is 10.0. The fourth-order valence-corrected chi connectivity index (χ4v) is 2.14. The molecule has 19 heavy (non-hydrogen) atoms. The number of hydrogen-bond acceptors (Lipinski definition) is 3. The number of hydrogen-bond donors (Lipinski definition) is 0. The van der Waals surface area contributed by atoms with Gasteiger partial charge in [0, 0.05) is 5.56 Å². The molecule has 0 aromatic heterocycles. The number of ether oxygens (including phenoxy) is 2. The van der Waals surface area contributed by atoms with Crippen LogP contribution in [-0.2, 0) is 6.61 Å². The van der Waals surface area contributed by atoms with Crippen LogP contribution < -0.4 is 9.47 Å². The molecule has 0 amide bonds. The Morgan fingerprint density at radius 2 is 2.05 bits per heavy atom. The van der Waals surface area contributed by atoms with Gasteiger partial charge in [-0.2, -0.15) is 0 Å². The maximum Gasteiger partial charge on any atom is 0.150 e. The average Bonchev–Trinajstić information content (AvgIpc) is 2.46. The summed E-state index contributed by atoms with van der Waals surface area (Å²) in [4.78, 5) is 10.6. The summed E-state index contributed by atoms with van der Waals surface area (Å²) in [6.45, 7) is 0.441. The standard InChI is InChI=1S/C15H13BrO3/c1-18-13-4-2-3-12(7-13)10-19-15-6-5-11(9-17)8-14(15)16/h2-9H,10H2,1H3. The highest BCUT2D eigenvalue weighted by atomic mass is 79.9. The average molecular weight is 321 g/mol. The van der Waals surface area contributed by atoms with E-state index in [1.54, 1.807) is 25.3 Å². The zero-order chi connectivity index (χ0) is 13.7. The first-order chi connectivity index (χ1) is 9.22. The Bertz CT molecular complexity index is 581. The summed E-state index contributed by atoms with van der Waals surface area (Å²) in [7, 11) is 1.63. The van der Waals surface area contributed by atoms with E-state index in [1.165, 1.54) is 0 Å². The predicted molar refractivity (Wildman–Crippen MR) is 76.9 cm³/mol. The summed E-state index contributed by atoms with van der Waals surface area (Å²) in [6, 6.07) is 12.9. The van der Waals surface area contributed by atoms with Gasteiger partial charge in [-0.15, -0.1) is 0 Å². The minimum atomic E-state index is 0.441. The highest BCUT2D eigenvalue weighted by molar-refractivity contribution is 9.10. The second kappa shape index (κ2) is 6.38. The van der Waals surface area contributed by atoms with Crippen molar-refractivity contribution in [3.63, 3.8) is 0 Å². The zero-order valence-corrected chi connectivity index (χ0v) is 12.0. The molecule has 2 rings (SSSR count). The molecule has 0 N–H and O–H groups in total. The molecule has 0 bridgehead atoms. The van der Waals surface area contributed by atoms with Crippen molar-refractivity contribution in [1.82, 2.24) is 0 Å². The number of carbonyl (C=O) groups excluding carboxylic acids is 1. The summed E-state index contributed by atoms with van der Waals surface area (Å²) in [6.07, 6.45) is 0.802. The van der Waals surface area contributed by atoms with Crippen LogP contribution in [0.2, 0.25) is 0 Å². The van der Waals surface area contributed by atoms with Gasteiger partial charge in [-0.25, -0.2) is 0 Å². The van der Waals surface area contributed by atoms with Crippen LogP contribution in [0.4, 0.5) is 0 Å². The van der Waals surface area contributed by atoms with E-state index in [1.807, 2.05) is 24.3 Å². The third kappa shape index (κ3) is 3.58. The molecule has 0 aliphatic heterocycles. The lowest BCUT2D eigenvalue weighted by atomic mass is 10.2. The van der Waals surface area contributed by atoms with Crippen LogP contribution in [0.15, 0.2) is 46.9 Å². The number of benzene rings is 2. The van der Waals surface area contributed by atoms with Crippen molar-refractivity contribution in [3.8, 4) is 11.5 Å². The van der Waals surface area contributed by atoms with Gasteiger partial charge in [0.25, 0.3) is 0 Å². The Kier molecular flexibility index (Phi) is 4.58. The Balaban J connectivity index is 2.07. The Morgan fingerprint density at radius 3 is 2.74 bits per heavy atom. The van der Waals surface area contributed by atoms with Crippen LogP contribution in [0.5, 0.6) is 11.5 Å². The third-order valence-electron chi connectivity index (χ3n) is 2.62. The van der Waals surface area contributed by atoms with Crippen molar-refractivity contribution < 1.29 is 14.3 Å². The van der Waals surface area contributed by atoms with Gasteiger partial charge in [0.05, 0.1) is 11.6 Å². The molecule has 0 spiro atoms. The molecule has 3 nitrogen and oxygen atoms in total. The Hall–Kier alpha value is -1.81. The molecule has 0 aliphatic carbocycles. The number of carbonyl (C=O) groups is 1. The van der Waals surface area contributed by atoms with Crippen molar-refractivity contribution in [2.45, 2.75) is 6.61 Å². The Labute approximate surface area is 120 Å². The highest BCUT2D eigenvalue weighted by Crippen LogP contribution is 2.26. The lowest BCUT2D eigenvalue weighted by Crippen LogP contribution is -1.97. The molecular weight excluding hydrogens is 308 g/mol. The van der Waals surface area contributed by atoms with Gasteiger partial charge in [0.15, 0.2) is 0 Å². The summed E-state index contributed by atoms with van der Waals surface area (Å²) in [5.41, 5.74) is 1.63. The summed E-state index contributed by atoms with van der Waals surface area (Å²) < 4.78 is 11.6. The molecule has 0 aliphatic rings. The van der Waals surface area contributed by atoms with Gasteiger partial charge >= 0.3 is 0 Å². The van der Waals surface area contributed by atoms with Gasteiger partial charge in [-0.3, -0.25) is 4.79 Å². The first-order valence-corrected chi connectivity index (χ1v) is 6.52.